The molecule has 0 radical (unpaired) electrons. The van der Waals surface area contributed by atoms with Gasteiger partial charge in [-0.15, -0.1) is 0 Å². The Morgan fingerprint density at radius 2 is 1.20 bits per heavy atom. The Bertz CT molecular complexity index is 9.61. The summed E-state index contributed by atoms with van der Waals surface area (Å²) in [6.45, 7) is 5.00. The molecule has 0 aliphatic heterocycles. The van der Waals surface area contributed by atoms with Gasteiger partial charge in [-0.1, -0.05) is 0 Å². The molecule has 2 N–H and O–H groups in total. The van der Waals surface area contributed by atoms with E-state index >= 15 is 0 Å². The summed E-state index contributed by atoms with van der Waals surface area (Å²) in [4.78, 5) is 0. The molecule has 0 rings (SSSR count). The molecule has 0 atom stereocenters. The van der Waals surface area contributed by atoms with Gasteiger partial charge in [0, 0.05) is 0 Å². The molecule has 0 aromatic rings. The van der Waals surface area contributed by atoms with E-state index in [0.29, 0.717) is 0 Å². The van der Waals surface area contributed by atoms with Crippen molar-refractivity contribution in [1.29, 1.82) is 0 Å². The predicted octanol–water partition coefficient (Wildman–Crippen LogP) is -3.36. The zero-order valence-corrected chi connectivity index (χ0v) is 6.29. The van der Waals surface area contributed by atoms with E-state index in [2.05, 4.69) is 6.92 Å². The first kappa shape index (κ1) is 34.6. The van der Waals surface area contributed by atoms with Crippen LogP contribution in [0.1, 0.15) is 6.92 Å². The molecule has 0 saturated carbocycles. The van der Waals surface area contributed by atoms with Crippen molar-refractivity contribution in [2.45, 2.75) is 6.92 Å². The molecule has 1 nitrogen and oxygen atoms in total. The van der Waals surface area contributed by atoms with Gasteiger partial charge in [0.05, 0.1) is 0 Å². The van der Waals surface area contributed by atoms with Crippen molar-refractivity contribution in [2.75, 3.05) is 0 Å². The molecule has 0 spiro atoms. The Kier molecular flexibility index (Phi) is 438. The van der Waals surface area contributed by atoms with Crippen LogP contribution >= 0.6 is 0 Å². The first-order valence-corrected chi connectivity index (χ1v) is 0.707. The molecule has 3 heteroatoms. The molecule has 0 aliphatic carbocycles. The van der Waals surface area contributed by atoms with Gasteiger partial charge < -0.3 is 29.4 Å². The third-order valence-electron chi connectivity index (χ3n) is 0. The van der Waals surface area contributed by atoms with Gasteiger partial charge in [-0.2, -0.15) is 6.92 Å². The van der Waals surface area contributed by atoms with Crippen LogP contribution in [0.3, 0.4) is 0 Å². The fourth-order valence-corrected chi connectivity index (χ4v) is 0. The maximum absolute atomic E-state index is 3.25. The maximum Gasteiger partial charge on any atom is 2.00 e. The summed E-state index contributed by atoms with van der Waals surface area (Å²) in [5.74, 6) is 0. The van der Waals surface area contributed by atoms with E-state index in [-0.39, 0.29) is 45.5 Å². The van der Waals surface area contributed by atoms with Crippen LogP contribution in [-0.4, -0.2) is 28.5 Å². The van der Waals surface area contributed by atoms with E-state index in [0.717, 1.165) is 0 Å². The van der Waals surface area contributed by atoms with E-state index in [1.54, 1.807) is 6.92 Å². The van der Waals surface area contributed by atoms with Crippen LogP contribution in [0.2, 0.25) is 0 Å². The predicted molar refractivity (Wildman–Crippen MR) is 20.4 cm³/mol. The molecule has 0 aromatic heterocycles. The van der Waals surface area contributed by atoms with Crippen molar-refractivity contribution in [3.8, 4) is 0 Å². The third-order valence-corrected chi connectivity index (χ3v) is 0. The summed E-state index contributed by atoms with van der Waals surface area (Å²) in [5.41, 5.74) is 0. The largest absolute Gasteiger partial charge is 2.00 e. The number of halogens is 1. The van der Waals surface area contributed by atoms with E-state index in [1.165, 1.54) is 0 Å². The van der Waals surface area contributed by atoms with Gasteiger partial charge in [-0.25, -0.2) is 0 Å². The molecule has 0 aromatic carbocycles. The normalized spacial score (nSPS) is 1.20. The van der Waals surface area contributed by atoms with Gasteiger partial charge in [0.1, 0.15) is 0 Å². The summed E-state index contributed by atoms with van der Waals surface area (Å²) in [6, 6.07) is 0. The van der Waals surface area contributed by atoms with Crippen molar-refractivity contribution in [3.05, 3.63) is 6.92 Å². The smallest absolute Gasteiger partial charge is 1.00 e. The van der Waals surface area contributed by atoms with Crippen LogP contribution in [0.4, 0.5) is 0 Å². The van der Waals surface area contributed by atoms with Crippen molar-refractivity contribution in [3.63, 3.8) is 0 Å². The second-order valence-electron chi connectivity index (χ2n) is 0. The number of rotatable bonds is 0. The topological polar surface area (TPSA) is 31.5 Å². The van der Waals surface area contributed by atoms with Gasteiger partial charge in [0.15, 0.2) is 0 Å². The number of hydrogen-bond donors (Lipinski definition) is 0. The average molecular weight is 151 g/mol. The Morgan fingerprint density at radius 3 is 1.20 bits per heavy atom. The quantitative estimate of drug-likeness (QED) is 0.256. The summed E-state index contributed by atoms with van der Waals surface area (Å²) < 4.78 is 0. The minimum atomic E-state index is 0. The monoisotopic (exact) mass is 150 g/mol. The summed E-state index contributed by atoms with van der Waals surface area (Å²) in [5, 5.41) is 0. The van der Waals surface area contributed by atoms with Crippen molar-refractivity contribution in [2.24, 2.45) is 0 Å². The van der Waals surface area contributed by atoms with Crippen LogP contribution in [0.5, 0.6) is 0 Å². The second kappa shape index (κ2) is 63.3. The summed E-state index contributed by atoms with van der Waals surface area (Å²) in [6.07, 6.45) is 0. The Balaban J connectivity index is -0.00000000167. The molecule has 0 heterocycles. The van der Waals surface area contributed by atoms with Crippen LogP contribution in [0, 0.1) is 6.92 Å². The zero-order chi connectivity index (χ0) is 2.00. The van der Waals surface area contributed by atoms with E-state index in [9.17, 15) is 0 Å². The SMILES string of the molecule is O.[Br-].[CH2-]C.[Mg+2]. The van der Waals surface area contributed by atoms with Gasteiger partial charge >= 0.3 is 23.1 Å². The third kappa shape index (κ3) is 36.8. The number of hydrogen-bond acceptors (Lipinski definition) is 0. The van der Waals surface area contributed by atoms with Crippen molar-refractivity contribution in [1.82, 2.24) is 0 Å². The standard InChI is InChI=1S/C2H5.BrH.Mg.H2O/c1-2;;;/h1H2,2H3;1H;;1H2/q-1;;+2;/p-1. The Morgan fingerprint density at radius 1 is 1.20 bits per heavy atom. The molecule has 5 heavy (non-hydrogen) atoms. The summed E-state index contributed by atoms with van der Waals surface area (Å²) in [7, 11) is 0. The summed E-state index contributed by atoms with van der Waals surface area (Å²) >= 11 is 0. The fourth-order valence-electron chi connectivity index (χ4n) is 0. The molecule has 0 saturated heterocycles. The Hall–Kier alpha value is 1.21. The van der Waals surface area contributed by atoms with Crippen molar-refractivity contribution < 1.29 is 22.5 Å². The zero-order valence-electron chi connectivity index (χ0n) is 3.29. The van der Waals surface area contributed by atoms with Gasteiger partial charge in [0.2, 0.25) is 0 Å². The molecular formula is C2H7BrMgO. The van der Waals surface area contributed by atoms with Crippen molar-refractivity contribution >= 4 is 23.1 Å². The second-order valence-corrected chi connectivity index (χ2v) is 0. The minimum absolute atomic E-state index is 0. The molecular weight excluding hydrogens is 144 g/mol. The molecule has 30 valence electrons. The van der Waals surface area contributed by atoms with Gasteiger partial charge in [-0.05, 0) is 0 Å². The fraction of sp³-hybridized carbons (Fsp3) is 0.500. The first-order chi connectivity index (χ1) is 1.00. The molecule has 0 amide bonds. The van der Waals surface area contributed by atoms with E-state index in [4.69, 9.17) is 0 Å². The first-order valence-electron chi connectivity index (χ1n) is 0.707. The van der Waals surface area contributed by atoms with Gasteiger partial charge in [-0.3, -0.25) is 0 Å². The van der Waals surface area contributed by atoms with Crippen LogP contribution in [0.25, 0.3) is 0 Å². The molecule has 0 unspecified atom stereocenters. The minimum Gasteiger partial charge on any atom is -1.00 e. The van der Waals surface area contributed by atoms with Gasteiger partial charge in [0.25, 0.3) is 0 Å². The van der Waals surface area contributed by atoms with E-state index in [1.807, 2.05) is 0 Å². The van der Waals surface area contributed by atoms with E-state index < -0.39 is 0 Å². The molecule has 0 fully saturated rings. The molecule has 0 bridgehead atoms. The molecule has 0 aliphatic rings. The maximum atomic E-state index is 3.25. The van der Waals surface area contributed by atoms with Crippen LogP contribution in [0.15, 0.2) is 0 Å². The average Bonchev–Trinajstić information content (AvgIpc) is 1.00. The van der Waals surface area contributed by atoms with Crippen LogP contribution < -0.4 is 17.0 Å². The Labute approximate surface area is 59.4 Å². The van der Waals surface area contributed by atoms with Crippen LogP contribution in [-0.2, 0) is 0 Å².